The summed E-state index contributed by atoms with van der Waals surface area (Å²) >= 11 is 12.0. The molecule has 1 heterocycles. The van der Waals surface area contributed by atoms with Crippen LogP contribution in [0.3, 0.4) is 0 Å². The van der Waals surface area contributed by atoms with Gasteiger partial charge in [-0.05, 0) is 26.8 Å². The predicted octanol–water partition coefficient (Wildman–Crippen LogP) is 3.70. The molecule has 1 aromatic carbocycles. The molecule has 0 saturated heterocycles. The molecule has 4 nitrogen and oxygen atoms in total. The first-order valence-electron chi connectivity index (χ1n) is 6.73. The molecule has 0 spiro atoms. The summed E-state index contributed by atoms with van der Waals surface area (Å²) in [5.41, 5.74) is -1.56. The Morgan fingerprint density at radius 1 is 1.38 bits per heavy atom. The molecule has 1 atom stereocenters. The molecule has 0 aromatic heterocycles. The summed E-state index contributed by atoms with van der Waals surface area (Å²) in [6, 6.07) is 3.12. The fourth-order valence-corrected chi connectivity index (χ4v) is 3.04. The Morgan fingerprint density at radius 3 is 2.62 bits per heavy atom. The lowest BCUT2D eigenvalue weighted by atomic mass is 9.78. The second kappa shape index (κ2) is 5.67. The summed E-state index contributed by atoms with van der Waals surface area (Å²) in [7, 11) is 0. The number of ether oxygens (including phenoxy) is 2. The second-order valence-corrected chi connectivity index (χ2v) is 6.63. The lowest BCUT2D eigenvalue weighted by Gasteiger charge is -2.42. The van der Waals surface area contributed by atoms with Gasteiger partial charge in [0, 0.05) is 18.1 Å². The number of hydrogen-bond donors (Lipinski definition) is 1. The van der Waals surface area contributed by atoms with E-state index in [-0.39, 0.29) is 19.4 Å². The van der Waals surface area contributed by atoms with Gasteiger partial charge in [-0.2, -0.15) is 0 Å². The highest BCUT2D eigenvalue weighted by atomic mass is 35.5. The molecule has 0 bridgehead atoms. The Hall–Kier alpha value is -0.970. The average molecular weight is 333 g/mol. The zero-order valence-electron chi connectivity index (χ0n) is 12.2. The summed E-state index contributed by atoms with van der Waals surface area (Å²) in [4.78, 5) is 11.8. The van der Waals surface area contributed by atoms with Crippen molar-refractivity contribution in [3.05, 3.63) is 27.7 Å². The molecule has 116 valence electrons. The maximum atomic E-state index is 11.8. The van der Waals surface area contributed by atoms with Crippen LogP contribution >= 0.6 is 23.2 Å². The maximum Gasteiger partial charge on any atom is 0.309 e. The van der Waals surface area contributed by atoms with Crippen LogP contribution in [0.25, 0.3) is 0 Å². The Kier molecular flexibility index (Phi) is 4.43. The third-order valence-corrected chi connectivity index (χ3v) is 4.09. The van der Waals surface area contributed by atoms with Gasteiger partial charge in [0.25, 0.3) is 0 Å². The lowest BCUT2D eigenvalue weighted by Crippen LogP contribution is -2.45. The van der Waals surface area contributed by atoms with Gasteiger partial charge in [0.2, 0.25) is 0 Å². The quantitative estimate of drug-likeness (QED) is 0.857. The highest BCUT2D eigenvalue weighted by molar-refractivity contribution is 6.42. The first-order valence-corrected chi connectivity index (χ1v) is 7.49. The second-order valence-electron chi connectivity index (χ2n) is 5.81. The van der Waals surface area contributed by atoms with Crippen LogP contribution in [0.15, 0.2) is 12.1 Å². The molecule has 1 unspecified atom stereocenters. The SMILES string of the molecule is CCOC(=O)CC1(O)CC(C)(C)Oc2cc(Cl)c(Cl)cc21. The largest absolute Gasteiger partial charge is 0.487 e. The van der Waals surface area contributed by atoms with E-state index in [2.05, 4.69) is 0 Å². The van der Waals surface area contributed by atoms with Crippen LogP contribution in [0, 0.1) is 0 Å². The fourth-order valence-electron chi connectivity index (χ4n) is 2.72. The van der Waals surface area contributed by atoms with E-state index in [1.165, 1.54) is 0 Å². The van der Waals surface area contributed by atoms with E-state index < -0.39 is 17.2 Å². The van der Waals surface area contributed by atoms with Gasteiger partial charge in [-0.3, -0.25) is 4.79 Å². The predicted molar refractivity (Wildman–Crippen MR) is 80.9 cm³/mol. The first-order chi connectivity index (χ1) is 9.67. The van der Waals surface area contributed by atoms with Gasteiger partial charge < -0.3 is 14.6 Å². The van der Waals surface area contributed by atoms with Crippen LogP contribution in [0.1, 0.15) is 39.2 Å². The third kappa shape index (κ3) is 3.44. The Bertz CT molecular complexity index is 571. The van der Waals surface area contributed by atoms with Crippen LogP contribution < -0.4 is 4.74 Å². The van der Waals surface area contributed by atoms with Crippen molar-refractivity contribution in [2.24, 2.45) is 0 Å². The zero-order valence-corrected chi connectivity index (χ0v) is 13.7. The van der Waals surface area contributed by atoms with E-state index in [1.807, 2.05) is 13.8 Å². The number of esters is 1. The van der Waals surface area contributed by atoms with Gasteiger partial charge in [0.05, 0.1) is 23.1 Å². The number of aliphatic hydroxyl groups is 1. The molecule has 0 fully saturated rings. The van der Waals surface area contributed by atoms with Gasteiger partial charge in [-0.1, -0.05) is 23.2 Å². The normalized spacial score (nSPS) is 23.1. The Labute approximate surface area is 133 Å². The summed E-state index contributed by atoms with van der Waals surface area (Å²) in [6.45, 7) is 5.67. The molecule has 0 saturated carbocycles. The topological polar surface area (TPSA) is 55.8 Å². The number of carbonyl (C=O) groups is 1. The minimum Gasteiger partial charge on any atom is -0.487 e. The van der Waals surface area contributed by atoms with Crippen LogP contribution in [0.4, 0.5) is 0 Å². The highest BCUT2D eigenvalue weighted by Gasteiger charge is 2.46. The van der Waals surface area contributed by atoms with Gasteiger partial charge in [0.15, 0.2) is 0 Å². The number of carbonyl (C=O) groups excluding carboxylic acids is 1. The minimum atomic E-state index is -1.39. The molecule has 0 radical (unpaired) electrons. The van der Waals surface area contributed by atoms with E-state index in [1.54, 1.807) is 19.1 Å². The monoisotopic (exact) mass is 332 g/mol. The van der Waals surface area contributed by atoms with Crippen molar-refractivity contribution >= 4 is 29.2 Å². The molecule has 1 aromatic rings. The van der Waals surface area contributed by atoms with Crippen molar-refractivity contribution in [3.8, 4) is 5.75 Å². The smallest absolute Gasteiger partial charge is 0.309 e. The van der Waals surface area contributed by atoms with Gasteiger partial charge >= 0.3 is 5.97 Å². The number of rotatable bonds is 3. The molecular weight excluding hydrogens is 315 g/mol. The number of fused-ring (bicyclic) bond motifs is 1. The highest BCUT2D eigenvalue weighted by Crippen LogP contribution is 2.47. The molecule has 1 aliphatic rings. The van der Waals surface area contributed by atoms with E-state index in [9.17, 15) is 9.90 Å². The van der Waals surface area contributed by atoms with Crippen molar-refractivity contribution in [1.82, 2.24) is 0 Å². The summed E-state index contributed by atoms with van der Waals surface area (Å²) in [6.07, 6.45) is 0.0996. The van der Waals surface area contributed by atoms with E-state index in [0.29, 0.717) is 21.4 Å². The van der Waals surface area contributed by atoms with Crippen molar-refractivity contribution < 1.29 is 19.4 Å². The molecule has 0 aliphatic carbocycles. The average Bonchev–Trinajstić information content (AvgIpc) is 2.30. The molecular formula is C15H18Cl2O4. The van der Waals surface area contributed by atoms with Gasteiger partial charge in [-0.25, -0.2) is 0 Å². The summed E-state index contributed by atoms with van der Waals surface area (Å²) < 4.78 is 10.8. The first kappa shape index (κ1) is 16.4. The van der Waals surface area contributed by atoms with Crippen LogP contribution in [0.2, 0.25) is 10.0 Å². The number of hydrogen-bond acceptors (Lipinski definition) is 4. The third-order valence-electron chi connectivity index (χ3n) is 3.37. The fraction of sp³-hybridized carbons (Fsp3) is 0.533. The van der Waals surface area contributed by atoms with Crippen molar-refractivity contribution in [2.75, 3.05) is 6.61 Å². The molecule has 6 heteroatoms. The standard InChI is InChI=1S/C15H18Cl2O4/c1-4-20-13(18)7-15(19)8-14(2,3)21-12-6-11(17)10(16)5-9(12)15/h5-6,19H,4,7-8H2,1-3H3. The van der Waals surface area contributed by atoms with E-state index in [0.717, 1.165) is 0 Å². The summed E-state index contributed by atoms with van der Waals surface area (Å²) in [5, 5.41) is 11.6. The zero-order chi connectivity index (χ0) is 15.8. The summed E-state index contributed by atoms with van der Waals surface area (Å²) in [5.74, 6) is -0.0258. The van der Waals surface area contributed by atoms with E-state index in [4.69, 9.17) is 32.7 Å². The lowest BCUT2D eigenvalue weighted by molar-refractivity contribution is -0.153. The van der Waals surface area contributed by atoms with Crippen molar-refractivity contribution in [2.45, 2.75) is 44.8 Å². The van der Waals surface area contributed by atoms with Gasteiger partial charge in [-0.15, -0.1) is 0 Å². The van der Waals surface area contributed by atoms with E-state index >= 15 is 0 Å². The Balaban J connectivity index is 2.47. The maximum absolute atomic E-state index is 11.8. The van der Waals surface area contributed by atoms with Crippen LogP contribution in [-0.2, 0) is 15.1 Å². The van der Waals surface area contributed by atoms with Crippen LogP contribution in [-0.4, -0.2) is 23.3 Å². The number of halogens is 2. The molecule has 2 rings (SSSR count). The molecule has 0 amide bonds. The Morgan fingerprint density at radius 2 is 2.00 bits per heavy atom. The van der Waals surface area contributed by atoms with Gasteiger partial charge in [0.1, 0.15) is 17.0 Å². The minimum absolute atomic E-state index is 0.154. The van der Waals surface area contributed by atoms with Crippen LogP contribution in [0.5, 0.6) is 5.75 Å². The van der Waals surface area contributed by atoms with Crippen molar-refractivity contribution in [1.29, 1.82) is 0 Å². The van der Waals surface area contributed by atoms with Crippen molar-refractivity contribution in [3.63, 3.8) is 0 Å². The molecule has 1 aliphatic heterocycles. The molecule has 1 N–H and O–H groups in total. The molecule has 21 heavy (non-hydrogen) atoms. The number of benzene rings is 1.